The quantitative estimate of drug-likeness (QED) is 0.742. The molecule has 20 heavy (non-hydrogen) atoms. The van der Waals surface area contributed by atoms with E-state index >= 15 is 0 Å². The van der Waals surface area contributed by atoms with E-state index in [1.165, 1.54) is 7.11 Å². The molecule has 0 saturated heterocycles. The molecule has 2 aromatic heterocycles. The second kappa shape index (κ2) is 6.33. The number of nitrogens with zero attached hydrogens (tertiary/aromatic N) is 3. The minimum Gasteiger partial charge on any atom is -0.469 e. The van der Waals surface area contributed by atoms with Crippen molar-refractivity contribution in [2.75, 3.05) is 20.7 Å². The van der Waals surface area contributed by atoms with Gasteiger partial charge in [-0.25, -0.2) is 0 Å². The smallest absolute Gasteiger partial charge is 0.309 e. The van der Waals surface area contributed by atoms with Gasteiger partial charge in [0, 0.05) is 6.54 Å². The summed E-state index contributed by atoms with van der Waals surface area (Å²) >= 11 is 0. The van der Waals surface area contributed by atoms with Crippen LogP contribution in [0.15, 0.2) is 27.2 Å². The number of furan rings is 1. The SMILES string of the molecule is COC(=O)C(C)CN(C)Cc1nnc(-c2ccco2)o1. The Kier molecular flexibility index (Phi) is 4.52. The second-order valence-corrected chi connectivity index (χ2v) is 4.60. The summed E-state index contributed by atoms with van der Waals surface area (Å²) in [5, 5.41) is 7.86. The molecule has 0 aliphatic rings. The number of esters is 1. The molecule has 0 aliphatic heterocycles. The van der Waals surface area contributed by atoms with Gasteiger partial charge >= 0.3 is 5.97 Å². The van der Waals surface area contributed by atoms with Gasteiger partial charge < -0.3 is 13.6 Å². The molecule has 0 fully saturated rings. The van der Waals surface area contributed by atoms with Gasteiger partial charge in [-0.1, -0.05) is 6.92 Å². The van der Waals surface area contributed by atoms with Crippen LogP contribution in [0.4, 0.5) is 0 Å². The van der Waals surface area contributed by atoms with E-state index in [4.69, 9.17) is 8.83 Å². The predicted molar refractivity (Wildman–Crippen MR) is 69.5 cm³/mol. The minimum absolute atomic E-state index is 0.211. The Morgan fingerprint density at radius 2 is 2.30 bits per heavy atom. The molecule has 0 radical (unpaired) electrons. The zero-order chi connectivity index (χ0) is 14.5. The normalized spacial score (nSPS) is 12.6. The van der Waals surface area contributed by atoms with Crippen molar-refractivity contribution in [3.05, 3.63) is 24.3 Å². The van der Waals surface area contributed by atoms with Crippen LogP contribution < -0.4 is 0 Å². The Morgan fingerprint density at radius 1 is 1.50 bits per heavy atom. The van der Waals surface area contributed by atoms with Crippen LogP contribution in [0.3, 0.4) is 0 Å². The van der Waals surface area contributed by atoms with Gasteiger partial charge in [-0.2, -0.15) is 0 Å². The van der Waals surface area contributed by atoms with Crippen LogP contribution in [0.25, 0.3) is 11.7 Å². The predicted octanol–water partition coefficient (Wildman–Crippen LogP) is 1.57. The van der Waals surface area contributed by atoms with E-state index in [1.54, 1.807) is 18.4 Å². The van der Waals surface area contributed by atoms with Crippen molar-refractivity contribution in [3.8, 4) is 11.7 Å². The van der Waals surface area contributed by atoms with Crippen molar-refractivity contribution in [1.29, 1.82) is 0 Å². The van der Waals surface area contributed by atoms with Gasteiger partial charge in [0.25, 0.3) is 5.89 Å². The standard InChI is InChI=1S/C13H17N3O4/c1-9(13(17)18-3)7-16(2)8-11-14-15-12(20-11)10-5-4-6-19-10/h4-6,9H,7-8H2,1-3H3. The van der Waals surface area contributed by atoms with Crippen molar-refractivity contribution < 1.29 is 18.4 Å². The van der Waals surface area contributed by atoms with Crippen molar-refractivity contribution in [1.82, 2.24) is 15.1 Å². The Balaban J connectivity index is 1.92. The van der Waals surface area contributed by atoms with E-state index in [-0.39, 0.29) is 11.9 Å². The molecule has 2 rings (SSSR count). The van der Waals surface area contributed by atoms with Gasteiger partial charge in [-0.05, 0) is 19.2 Å². The third-order valence-corrected chi connectivity index (χ3v) is 2.79. The first-order valence-corrected chi connectivity index (χ1v) is 6.22. The highest BCUT2D eigenvalue weighted by Crippen LogP contribution is 2.18. The van der Waals surface area contributed by atoms with Crippen LogP contribution in [-0.2, 0) is 16.1 Å². The summed E-state index contributed by atoms with van der Waals surface area (Å²) in [6.45, 7) is 2.81. The molecule has 0 amide bonds. The zero-order valence-corrected chi connectivity index (χ0v) is 11.7. The summed E-state index contributed by atoms with van der Waals surface area (Å²) in [6.07, 6.45) is 1.55. The van der Waals surface area contributed by atoms with Gasteiger partial charge in [0.1, 0.15) is 0 Å². The summed E-state index contributed by atoms with van der Waals surface area (Å²) in [5.41, 5.74) is 0. The summed E-state index contributed by atoms with van der Waals surface area (Å²) in [5.74, 6) is 0.904. The number of hydrogen-bond donors (Lipinski definition) is 0. The largest absolute Gasteiger partial charge is 0.469 e. The molecule has 2 aromatic rings. The molecule has 0 spiro atoms. The topological polar surface area (TPSA) is 81.6 Å². The van der Waals surface area contributed by atoms with Crippen LogP contribution in [0.1, 0.15) is 12.8 Å². The maximum Gasteiger partial charge on any atom is 0.309 e. The number of carbonyl (C=O) groups excluding carboxylic acids is 1. The average molecular weight is 279 g/mol. The number of ether oxygens (including phenoxy) is 1. The first-order chi connectivity index (χ1) is 9.60. The van der Waals surface area contributed by atoms with E-state index in [1.807, 2.05) is 18.9 Å². The molecule has 7 nitrogen and oxygen atoms in total. The van der Waals surface area contributed by atoms with E-state index in [9.17, 15) is 4.79 Å². The Morgan fingerprint density at radius 3 is 2.95 bits per heavy atom. The Bertz CT molecular complexity index is 550. The number of methoxy groups -OCH3 is 1. The summed E-state index contributed by atoms with van der Waals surface area (Å²) < 4.78 is 15.4. The first kappa shape index (κ1) is 14.3. The monoisotopic (exact) mass is 279 g/mol. The van der Waals surface area contributed by atoms with Crippen molar-refractivity contribution in [3.63, 3.8) is 0 Å². The third-order valence-electron chi connectivity index (χ3n) is 2.79. The molecule has 108 valence electrons. The number of aromatic nitrogens is 2. The van der Waals surface area contributed by atoms with Gasteiger partial charge in [0.2, 0.25) is 5.89 Å². The van der Waals surface area contributed by atoms with E-state index in [2.05, 4.69) is 14.9 Å². The highest BCUT2D eigenvalue weighted by atomic mass is 16.5. The molecule has 7 heteroatoms. The van der Waals surface area contributed by atoms with E-state index in [0.717, 1.165) is 0 Å². The van der Waals surface area contributed by atoms with Crippen LogP contribution >= 0.6 is 0 Å². The maximum absolute atomic E-state index is 11.3. The average Bonchev–Trinajstić information content (AvgIpc) is 3.07. The highest BCUT2D eigenvalue weighted by molar-refractivity contribution is 5.72. The molecule has 1 atom stereocenters. The lowest BCUT2D eigenvalue weighted by molar-refractivity contribution is -0.145. The molecule has 0 N–H and O–H groups in total. The van der Waals surface area contributed by atoms with E-state index in [0.29, 0.717) is 30.6 Å². The Labute approximate surface area is 116 Å². The number of carbonyl (C=O) groups is 1. The lowest BCUT2D eigenvalue weighted by atomic mass is 10.2. The fourth-order valence-electron chi connectivity index (χ4n) is 1.86. The highest BCUT2D eigenvalue weighted by Gasteiger charge is 2.17. The fraction of sp³-hybridized carbons (Fsp3) is 0.462. The molecule has 0 aliphatic carbocycles. The molecule has 0 bridgehead atoms. The summed E-state index contributed by atoms with van der Waals surface area (Å²) in [4.78, 5) is 13.3. The first-order valence-electron chi connectivity index (χ1n) is 6.22. The molecular weight excluding hydrogens is 262 g/mol. The van der Waals surface area contributed by atoms with Crippen LogP contribution in [0.2, 0.25) is 0 Å². The van der Waals surface area contributed by atoms with Crippen LogP contribution in [0.5, 0.6) is 0 Å². The summed E-state index contributed by atoms with van der Waals surface area (Å²) in [6, 6.07) is 3.50. The maximum atomic E-state index is 11.3. The van der Waals surface area contributed by atoms with Gasteiger partial charge in [0.05, 0.1) is 25.8 Å². The Hall–Kier alpha value is -2.15. The van der Waals surface area contributed by atoms with Crippen LogP contribution in [-0.4, -0.2) is 41.8 Å². The molecule has 2 heterocycles. The van der Waals surface area contributed by atoms with Crippen molar-refractivity contribution >= 4 is 5.97 Å². The molecule has 0 aromatic carbocycles. The van der Waals surface area contributed by atoms with Crippen molar-refractivity contribution in [2.45, 2.75) is 13.5 Å². The number of hydrogen-bond acceptors (Lipinski definition) is 7. The zero-order valence-electron chi connectivity index (χ0n) is 11.7. The molecular formula is C13H17N3O4. The van der Waals surface area contributed by atoms with Gasteiger partial charge in [-0.15, -0.1) is 10.2 Å². The second-order valence-electron chi connectivity index (χ2n) is 4.60. The van der Waals surface area contributed by atoms with Gasteiger partial charge in [-0.3, -0.25) is 9.69 Å². The number of rotatable bonds is 6. The van der Waals surface area contributed by atoms with E-state index < -0.39 is 0 Å². The van der Waals surface area contributed by atoms with Gasteiger partial charge in [0.15, 0.2) is 5.76 Å². The lowest BCUT2D eigenvalue weighted by Crippen LogP contribution is -2.29. The lowest BCUT2D eigenvalue weighted by Gasteiger charge is -2.17. The molecule has 0 saturated carbocycles. The summed E-state index contributed by atoms with van der Waals surface area (Å²) in [7, 11) is 3.25. The van der Waals surface area contributed by atoms with Crippen LogP contribution in [0, 0.1) is 5.92 Å². The van der Waals surface area contributed by atoms with Crippen molar-refractivity contribution in [2.24, 2.45) is 5.92 Å². The molecule has 1 unspecified atom stereocenters. The third kappa shape index (κ3) is 3.45. The minimum atomic E-state index is -0.237. The fourth-order valence-corrected chi connectivity index (χ4v) is 1.86.